The van der Waals surface area contributed by atoms with Gasteiger partial charge in [0, 0.05) is 23.4 Å². The molecule has 0 saturated heterocycles. The number of hydrogen-bond acceptors (Lipinski definition) is 7. The molecular formula is C30H29F5N2O5. The minimum Gasteiger partial charge on any atom is -0.494 e. The highest BCUT2D eigenvalue weighted by Gasteiger charge is 2.56. The summed E-state index contributed by atoms with van der Waals surface area (Å²) in [5, 5.41) is 0. The second kappa shape index (κ2) is 13.8. The fourth-order valence-electron chi connectivity index (χ4n) is 3.68. The van der Waals surface area contributed by atoms with Crippen LogP contribution < -0.4 is 20.9 Å². The number of rotatable bonds is 12. The molecule has 4 N–H and O–H groups in total. The predicted molar refractivity (Wildman–Crippen MR) is 148 cm³/mol. The molecule has 0 spiro atoms. The Labute approximate surface area is 238 Å². The summed E-state index contributed by atoms with van der Waals surface area (Å²) < 4.78 is 78.5. The lowest BCUT2D eigenvalue weighted by atomic mass is 9.99. The zero-order valence-electron chi connectivity index (χ0n) is 22.5. The van der Waals surface area contributed by atoms with Gasteiger partial charge in [0.25, 0.3) is 0 Å². The second-order valence-corrected chi connectivity index (χ2v) is 9.14. The minimum atomic E-state index is -5.61. The lowest BCUT2D eigenvalue weighted by molar-refractivity contribution is -0.284. The summed E-state index contributed by atoms with van der Waals surface area (Å²) in [7, 11) is 0. The molecule has 0 unspecified atom stereocenters. The Hall–Kier alpha value is -4.61. The first-order valence-corrected chi connectivity index (χ1v) is 12.8. The Balaban J connectivity index is 1.64. The summed E-state index contributed by atoms with van der Waals surface area (Å²) in [6.07, 6.45) is -5.33. The van der Waals surface area contributed by atoms with E-state index in [-0.39, 0.29) is 35.8 Å². The van der Waals surface area contributed by atoms with Gasteiger partial charge < -0.3 is 25.7 Å². The number of alkyl halides is 5. The first-order chi connectivity index (χ1) is 19.8. The van der Waals surface area contributed by atoms with E-state index >= 15 is 0 Å². The predicted octanol–water partition coefficient (Wildman–Crippen LogP) is 6.92. The van der Waals surface area contributed by atoms with Gasteiger partial charge in [-0.15, -0.1) is 0 Å². The van der Waals surface area contributed by atoms with Gasteiger partial charge in [0.15, 0.2) is 0 Å². The highest BCUT2D eigenvalue weighted by atomic mass is 19.4. The molecule has 0 heterocycles. The molecule has 0 atom stereocenters. The molecule has 12 heteroatoms. The van der Waals surface area contributed by atoms with Crippen LogP contribution in [0, 0.1) is 0 Å². The Bertz CT molecular complexity index is 1380. The SMILES string of the molecule is CCCOC(=O)C(=Cc1ccc(OC(=O)c2ccc(OCCCC(F)(F)C(F)(F)F)cc2)cc1)c1c(N)cccc1N. The zero-order chi connectivity index (χ0) is 30.9. The van der Waals surface area contributed by atoms with E-state index in [4.69, 9.17) is 25.7 Å². The van der Waals surface area contributed by atoms with E-state index in [2.05, 4.69) is 0 Å². The summed E-state index contributed by atoms with van der Waals surface area (Å²) in [4.78, 5) is 25.4. The summed E-state index contributed by atoms with van der Waals surface area (Å²) >= 11 is 0. The van der Waals surface area contributed by atoms with E-state index in [1.807, 2.05) is 6.92 Å². The van der Waals surface area contributed by atoms with Crippen molar-refractivity contribution in [1.29, 1.82) is 0 Å². The molecule has 0 aliphatic carbocycles. The average molecular weight is 593 g/mol. The van der Waals surface area contributed by atoms with Crippen LogP contribution in [0.1, 0.15) is 47.7 Å². The Kier molecular flexibility index (Phi) is 10.5. The maximum atomic E-state index is 13.0. The summed E-state index contributed by atoms with van der Waals surface area (Å²) in [5.74, 6) is -5.69. The first-order valence-electron chi connectivity index (χ1n) is 12.8. The van der Waals surface area contributed by atoms with Crippen LogP contribution in [0.15, 0.2) is 66.7 Å². The average Bonchev–Trinajstić information content (AvgIpc) is 2.94. The van der Waals surface area contributed by atoms with E-state index < -0.39 is 36.9 Å². The monoisotopic (exact) mass is 592 g/mol. The van der Waals surface area contributed by atoms with Crippen LogP contribution in [0.25, 0.3) is 11.6 Å². The molecular weight excluding hydrogens is 563 g/mol. The van der Waals surface area contributed by atoms with E-state index in [1.54, 1.807) is 36.4 Å². The number of nitrogen functional groups attached to an aromatic ring is 2. The second-order valence-electron chi connectivity index (χ2n) is 9.14. The van der Waals surface area contributed by atoms with Gasteiger partial charge in [-0.2, -0.15) is 22.0 Å². The van der Waals surface area contributed by atoms with Crippen molar-refractivity contribution in [2.24, 2.45) is 0 Å². The Morgan fingerprint density at radius 2 is 1.43 bits per heavy atom. The molecule has 0 aliphatic heterocycles. The number of carbonyl (C=O) groups is 2. The lowest BCUT2D eigenvalue weighted by Crippen LogP contribution is -2.36. The number of carbonyl (C=O) groups excluding carboxylic acids is 2. The van der Waals surface area contributed by atoms with Crippen molar-refractivity contribution in [1.82, 2.24) is 0 Å². The normalized spacial score (nSPS) is 12.1. The van der Waals surface area contributed by atoms with E-state index in [1.165, 1.54) is 36.4 Å². The van der Waals surface area contributed by atoms with Crippen molar-refractivity contribution in [3.63, 3.8) is 0 Å². The van der Waals surface area contributed by atoms with Crippen LogP contribution in [-0.2, 0) is 9.53 Å². The molecule has 0 saturated carbocycles. The van der Waals surface area contributed by atoms with E-state index in [0.29, 0.717) is 28.9 Å². The summed E-state index contributed by atoms with van der Waals surface area (Å²) in [6, 6.07) is 16.6. The van der Waals surface area contributed by atoms with Crippen LogP contribution in [0.5, 0.6) is 11.5 Å². The molecule has 3 aromatic rings. The number of hydrogen-bond donors (Lipinski definition) is 2. The molecule has 0 aliphatic rings. The van der Waals surface area contributed by atoms with Gasteiger partial charge in [-0.05, 0) is 73.0 Å². The van der Waals surface area contributed by atoms with Crippen molar-refractivity contribution < 1.29 is 45.8 Å². The number of anilines is 2. The van der Waals surface area contributed by atoms with Gasteiger partial charge in [0.2, 0.25) is 0 Å². The van der Waals surface area contributed by atoms with Crippen molar-refractivity contribution in [3.05, 3.63) is 83.4 Å². The Morgan fingerprint density at radius 3 is 2.00 bits per heavy atom. The summed E-state index contributed by atoms with van der Waals surface area (Å²) in [6.45, 7) is 1.71. The third-order valence-corrected chi connectivity index (χ3v) is 5.87. The van der Waals surface area contributed by atoms with Gasteiger partial charge in [0.05, 0.1) is 24.4 Å². The fraction of sp³-hybridized carbons (Fsp3) is 0.267. The highest BCUT2D eigenvalue weighted by Crippen LogP contribution is 2.38. The number of ether oxygens (including phenoxy) is 3. The molecule has 0 aromatic heterocycles. The number of halogens is 5. The van der Waals surface area contributed by atoms with Crippen molar-refractivity contribution in [2.45, 2.75) is 38.3 Å². The maximum Gasteiger partial charge on any atom is 0.453 e. The smallest absolute Gasteiger partial charge is 0.453 e. The third kappa shape index (κ3) is 8.45. The van der Waals surface area contributed by atoms with Crippen LogP contribution >= 0.6 is 0 Å². The molecule has 3 aromatic carbocycles. The molecule has 224 valence electrons. The van der Waals surface area contributed by atoms with Gasteiger partial charge >= 0.3 is 24.0 Å². The van der Waals surface area contributed by atoms with E-state index in [0.717, 1.165) is 0 Å². The van der Waals surface area contributed by atoms with Crippen LogP contribution in [0.2, 0.25) is 0 Å². The summed E-state index contributed by atoms with van der Waals surface area (Å²) in [5.41, 5.74) is 14.0. The maximum absolute atomic E-state index is 13.0. The molecule has 0 bridgehead atoms. The zero-order valence-corrected chi connectivity index (χ0v) is 22.5. The fourth-order valence-corrected chi connectivity index (χ4v) is 3.68. The number of esters is 2. The molecule has 3 rings (SSSR count). The largest absolute Gasteiger partial charge is 0.494 e. The number of benzene rings is 3. The van der Waals surface area contributed by atoms with Crippen LogP contribution in [0.3, 0.4) is 0 Å². The molecule has 0 amide bonds. The molecule has 42 heavy (non-hydrogen) atoms. The van der Waals surface area contributed by atoms with Gasteiger partial charge in [-0.3, -0.25) is 0 Å². The lowest BCUT2D eigenvalue weighted by Gasteiger charge is -2.19. The minimum absolute atomic E-state index is 0.144. The highest BCUT2D eigenvalue weighted by molar-refractivity contribution is 6.24. The van der Waals surface area contributed by atoms with Gasteiger partial charge in [-0.1, -0.05) is 25.1 Å². The third-order valence-electron chi connectivity index (χ3n) is 5.87. The molecule has 7 nitrogen and oxygen atoms in total. The molecule has 0 radical (unpaired) electrons. The van der Waals surface area contributed by atoms with Crippen molar-refractivity contribution in [2.75, 3.05) is 24.7 Å². The van der Waals surface area contributed by atoms with Gasteiger partial charge in [-0.25, -0.2) is 9.59 Å². The Morgan fingerprint density at radius 1 is 0.833 bits per heavy atom. The van der Waals surface area contributed by atoms with Crippen LogP contribution in [0.4, 0.5) is 33.3 Å². The topological polar surface area (TPSA) is 114 Å². The quantitative estimate of drug-likeness (QED) is 0.0446. The van der Waals surface area contributed by atoms with Crippen molar-refractivity contribution >= 4 is 35.0 Å². The van der Waals surface area contributed by atoms with E-state index in [9.17, 15) is 31.5 Å². The van der Waals surface area contributed by atoms with Crippen molar-refractivity contribution in [3.8, 4) is 11.5 Å². The number of nitrogens with two attached hydrogens (primary N) is 2. The standard InChI is InChI=1S/C30H29F5N2O5/c1-2-16-41-28(39)23(26-24(36)5-3-6-25(26)37)18-19-7-11-22(12-8-19)42-27(38)20-9-13-21(14-10-20)40-17-4-15-29(31,32)30(33,34)35/h3,5-14,18H,2,4,15-17,36-37H2,1H3. The van der Waals surface area contributed by atoms with Gasteiger partial charge in [0.1, 0.15) is 11.5 Å². The molecule has 0 fully saturated rings. The van der Waals surface area contributed by atoms with Crippen LogP contribution in [-0.4, -0.2) is 37.3 Å². The first kappa shape index (κ1) is 31.9.